The second-order valence-corrected chi connectivity index (χ2v) is 12.4. The van der Waals surface area contributed by atoms with Gasteiger partial charge in [-0.2, -0.15) is 39.5 Å². The number of carbonyl (C=O) groups is 3. The minimum absolute atomic E-state index is 0.0217. The number of alkyl halides is 9. The maximum Gasteiger partial charge on any atom is 0.460 e. The zero-order valence-corrected chi connectivity index (χ0v) is 29.3. The standard InChI is InChI=1S/C38H39F9O7/c1-3-4-5-7-10-25(2)52-32(48)26-13-19-30(20-14-26)54-34(50)28-15-21-31(22-16-28)53-33(49)27-11-17-29(18-12-27)51-24-9-6-8-23-35(39,40)36(41,42)37(43,44)38(45,46)47/h11-22,25H,3-10,23-24H2,1-2H3. The summed E-state index contributed by atoms with van der Waals surface area (Å²) in [6, 6.07) is 16.8. The van der Waals surface area contributed by atoms with Crippen molar-refractivity contribution in [1.82, 2.24) is 0 Å². The highest BCUT2D eigenvalue weighted by Crippen LogP contribution is 2.54. The Kier molecular flexibility index (Phi) is 15.4. The van der Waals surface area contributed by atoms with Crippen molar-refractivity contribution in [3.8, 4) is 17.2 Å². The number of rotatable bonds is 20. The lowest BCUT2D eigenvalue weighted by molar-refractivity contribution is -0.396. The van der Waals surface area contributed by atoms with Crippen LogP contribution in [0, 0.1) is 0 Å². The molecule has 3 aromatic rings. The minimum Gasteiger partial charge on any atom is -0.494 e. The molecular weight excluding hydrogens is 739 g/mol. The van der Waals surface area contributed by atoms with Gasteiger partial charge in [0.15, 0.2) is 0 Å². The molecule has 3 rings (SSSR count). The molecule has 0 radical (unpaired) electrons. The van der Waals surface area contributed by atoms with Crippen LogP contribution in [0.1, 0.15) is 103 Å². The molecule has 0 amide bonds. The van der Waals surface area contributed by atoms with Crippen LogP contribution in [0.4, 0.5) is 39.5 Å². The SMILES string of the molecule is CCCCCCC(C)OC(=O)c1ccc(OC(=O)c2ccc(OC(=O)c3ccc(OCCCCCC(F)(F)C(F)(F)C(F)(F)C(F)(F)F)cc3)cc2)cc1. The zero-order chi connectivity index (χ0) is 40.2. The van der Waals surface area contributed by atoms with E-state index in [1.54, 1.807) is 0 Å². The Balaban J connectivity index is 1.40. The molecule has 0 aliphatic carbocycles. The Labute approximate surface area is 305 Å². The van der Waals surface area contributed by atoms with Crippen LogP contribution in [-0.4, -0.2) is 54.6 Å². The van der Waals surface area contributed by atoms with Crippen LogP contribution >= 0.6 is 0 Å². The van der Waals surface area contributed by atoms with Crippen LogP contribution < -0.4 is 14.2 Å². The topological polar surface area (TPSA) is 88.1 Å². The van der Waals surface area contributed by atoms with Gasteiger partial charge < -0.3 is 18.9 Å². The number of esters is 3. The molecule has 16 heteroatoms. The number of unbranched alkanes of at least 4 members (excludes halogenated alkanes) is 5. The van der Waals surface area contributed by atoms with Gasteiger partial charge in [-0.25, -0.2) is 14.4 Å². The number of halogens is 9. The molecule has 1 unspecified atom stereocenters. The van der Waals surface area contributed by atoms with Gasteiger partial charge in [-0.1, -0.05) is 26.2 Å². The monoisotopic (exact) mass is 778 g/mol. The van der Waals surface area contributed by atoms with E-state index in [1.807, 2.05) is 6.92 Å². The lowest BCUT2D eigenvalue weighted by atomic mass is 9.98. The molecule has 7 nitrogen and oxygen atoms in total. The fourth-order valence-corrected chi connectivity index (χ4v) is 4.89. The molecule has 3 aromatic carbocycles. The lowest BCUT2D eigenvalue weighted by Gasteiger charge is -2.33. The van der Waals surface area contributed by atoms with E-state index < -0.39 is 54.7 Å². The van der Waals surface area contributed by atoms with E-state index in [1.165, 1.54) is 72.8 Å². The Morgan fingerprint density at radius 2 is 1.00 bits per heavy atom. The molecule has 0 spiro atoms. The van der Waals surface area contributed by atoms with Crippen LogP contribution in [0.25, 0.3) is 0 Å². The number of hydrogen-bond acceptors (Lipinski definition) is 7. The highest BCUT2D eigenvalue weighted by atomic mass is 19.4. The average molecular weight is 779 g/mol. The predicted molar refractivity (Wildman–Crippen MR) is 178 cm³/mol. The Morgan fingerprint density at radius 3 is 1.46 bits per heavy atom. The largest absolute Gasteiger partial charge is 0.494 e. The predicted octanol–water partition coefficient (Wildman–Crippen LogP) is 11.0. The summed E-state index contributed by atoms with van der Waals surface area (Å²) in [4.78, 5) is 37.6. The molecule has 0 bridgehead atoms. The maximum absolute atomic E-state index is 13.6. The second kappa shape index (κ2) is 19.0. The molecule has 0 N–H and O–H groups in total. The summed E-state index contributed by atoms with van der Waals surface area (Å²) in [5.74, 6) is -20.6. The molecule has 0 aliphatic rings. The van der Waals surface area contributed by atoms with Crippen LogP contribution in [0.3, 0.4) is 0 Å². The summed E-state index contributed by atoms with van der Waals surface area (Å²) in [7, 11) is 0. The molecule has 0 aromatic heterocycles. The Bertz CT molecular complexity index is 1660. The highest BCUT2D eigenvalue weighted by molar-refractivity contribution is 5.93. The fraction of sp³-hybridized carbons (Fsp3) is 0.447. The Morgan fingerprint density at radius 1 is 0.556 bits per heavy atom. The van der Waals surface area contributed by atoms with Crippen LogP contribution in [0.15, 0.2) is 72.8 Å². The summed E-state index contributed by atoms with van der Waals surface area (Å²) >= 11 is 0. The molecule has 0 heterocycles. The van der Waals surface area contributed by atoms with Crippen LogP contribution in [0.5, 0.6) is 17.2 Å². The molecule has 0 aliphatic heterocycles. The third-order valence-corrected chi connectivity index (χ3v) is 8.08. The van der Waals surface area contributed by atoms with Gasteiger partial charge in [0, 0.05) is 6.42 Å². The first-order valence-corrected chi connectivity index (χ1v) is 17.1. The van der Waals surface area contributed by atoms with Crippen molar-refractivity contribution < 1.29 is 72.8 Å². The molecule has 0 saturated heterocycles. The highest BCUT2D eigenvalue weighted by Gasteiger charge is 2.81. The summed E-state index contributed by atoms with van der Waals surface area (Å²) < 4.78 is 138. The molecule has 0 fully saturated rings. The van der Waals surface area contributed by atoms with E-state index in [0.29, 0.717) is 5.56 Å². The van der Waals surface area contributed by atoms with Gasteiger partial charge >= 0.3 is 41.9 Å². The lowest BCUT2D eigenvalue weighted by Crippen LogP contribution is -2.60. The average Bonchev–Trinajstić information content (AvgIpc) is 3.11. The van der Waals surface area contributed by atoms with Gasteiger partial charge in [0.05, 0.1) is 29.4 Å². The minimum atomic E-state index is -6.91. The van der Waals surface area contributed by atoms with Crippen molar-refractivity contribution in [1.29, 1.82) is 0 Å². The summed E-state index contributed by atoms with van der Waals surface area (Å²) in [5.41, 5.74) is 0.551. The molecule has 1 atom stereocenters. The third-order valence-electron chi connectivity index (χ3n) is 8.08. The molecule has 296 valence electrons. The van der Waals surface area contributed by atoms with Gasteiger partial charge in [0.2, 0.25) is 0 Å². The van der Waals surface area contributed by atoms with Crippen molar-refractivity contribution in [3.63, 3.8) is 0 Å². The first-order valence-electron chi connectivity index (χ1n) is 17.1. The van der Waals surface area contributed by atoms with Crippen molar-refractivity contribution in [3.05, 3.63) is 89.5 Å². The van der Waals surface area contributed by atoms with E-state index in [4.69, 9.17) is 18.9 Å². The van der Waals surface area contributed by atoms with Crippen molar-refractivity contribution in [2.24, 2.45) is 0 Å². The second-order valence-electron chi connectivity index (χ2n) is 12.4. The van der Waals surface area contributed by atoms with Gasteiger partial charge in [-0.15, -0.1) is 0 Å². The van der Waals surface area contributed by atoms with Gasteiger partial charge in [-0.3, -0.25) is 0 Å². The van der Waals surface area contributed by atoms with Gasteiger partial charge in [-0.05, 0) is 112 Å². The third kappa shape index (κ3) is 11.9. The fourth-order valence-electron chi connectivity index (χ4n) is 4.89. The number of carbonyl (C=O) groups excluding carboxylic acids is 3. The van der Waals surface area contributed by atoms with Gasteiger partial charge in [0.1, 0.15) is 17.2 Å². The number of ether oxygens (including phenoxy) is 4. The number of hydrogen-bond donors (Lipinski definition) is 0. The zero-order valence-electron chi connectivity index (χ0n) is 29.3. The van der Waals surface area contributed by atoms with E-state index in [9.17, 15) is 53.9 Å². The van der Waals surface area contributed by atoms with E-state index in [2.05, 4.69) is 6.92 Å². The van der Waals surface area contributed by atoms with Crippen LogP contribution in [-0.2, 0) is 4.74 Å². The Hall–Kier alpha value is -4.76. The first kappa shape index (κ1) is 43.6. The summed E-state index contributed by atoms with van der Waals surface area (Å²) in [6.45, 7) is 3.82. The van der Waals surface area contributed by atoms with Crippen LogP contribution in [0.2, 0.25) is 0 Å². The maximum atomic E-state index is 13.6. The molecular formula is C38H39F9O7. The van der Waals surface area contributed by atoms with E-state index >= 15 is 0 Å². The van der Waals surface area contributed by atoms with Crippen molar-refractivity contribution in [2.75, 3.05) is 6.61 Å². The smallest absolute Gasteiger partial charge is 0.460 e. The van der Waals surface area contributed by atoms with E-state index in [-0.39, 0.29) is 53.9 Å². The van der Waals surface area contributed by atoms with Crippen molar-refractivity contribution >= 4 is 17.9 Å². The first-order chi connectivity index (χ1) is 25.3. The normalized spacial score (nSPS) is 12.9. The molecule has 0 saturated carbocycles. The number of benzene rings is 3. The van der Waals surface area contributed by atoms with Crippen molar-refractivity contribution in [2.45, 2.75) is 102 Å². The quantitative estimate of drug-likeness (QED) is 0.0488. The van der Waals surface area contributed by atoms with Gasteiger partial charge in [0.25, 0.3) is 0 Å². The summed E-state index contributed by atoms with van der Waals surface area (Å²) in [6.07, 6.45) is -4.96. The van der Waals surface area contributed by atoms with E-state index in [0.717, 1.165) is 32.1 Å². The summed E-state index contributed by atoms with van der Waals surface area (Å²) in [5, 5.41) is 0. The molecule has 54 heavy (non-hydrogen) atoms.